The number of hydrogen-bond acceptors (Lipinski definition) is 4. The number of carbonyl (C=O) groups is 1. The first-order chi connectivity index (χ1) is 10.0. The van der Waals surface area contributed by atoms with E-state index in [-0.39, 0.29) is 0 Å². The number of benzene rings is 2. The molecule has 0 aliphatic rings. The first-order valence-electron chi connectivity index (χ1n) is 6.20. The second-order valence-corrected chi connectivity index (χ2v) is 5.44. The lowest BCUT2D eigenvalue weighted by atomic mass is 10.2. The van der Waals surface area contributed by atoms with Gasteiger partial charge in [0, 0.05) is 5.02 Å². The summed E-state index contributed by atoms with van der Waals surface area (Å²) in [4.78, 5) is 11.7. The number of nitrogens with two attached hydrogens (primary N) is 1. The predicted molar refractivity (Wildman–Crippen MR) is 86.0 cm³/mol. The van der Waals surface area contributed by atoms with Gasteiger partial charge in [-0.05, 0) is 59.3 Å². The fraction of sp³-hybridized carbons (Fsp3) is 0.133. The van der Waals surface area contributed by atoms with Crippen LogP contribution in [0.1, 0.15) is 17.3 Å². The second kappa shape index (κ2) is 6.83. The van der Waals surface area contributed by atoms with Gasteiger partial charge in [-0.3, -0.25) is 0 Å². The van der Waals surface area contributed by atoms with Crippen molar-refractivity contribution < 1.29 is 14.3 Å². The average molecular weight is 371 g/mol. The van der Waals surface area contributed by atoms with Crippen molar-refractivity contribution in [3.8, 4) is 11.5 Å². The maximum absolute atomic E-state index is 11.7. The molecule has 0 heterocycles. The first-order valence-corrected chi connectivity index (χ1v) is 7.38. The SMILES string of the molecule is CCOC(=O)c1ccc(N)c(Oc2ccc(Cl)cc2Br)c1. The van der Waals surface area contributed by atoms with Crippen molar-refractivity contribution in [2.45, 2.75) is 6.92 Å². The van der Waals surface area contributed by atoms with Crippen LogP contribution in [-0.4, -0.2) is 12.6 Å². The molecule has 0 bridgehead atoms. The van der Waals surface area contributed by atoms with Crippen LogP contribution in [0, 0.1) is 0 Å². The molecule has 0 aliphatic heterocycles. The summed E-state index contributed by atoms with van der Waals surface area (Å²) in [6, 6.07) is 9.87. The molecule has 0 unspecified atom stereocenters. The van der Waals surface area contributed by atoms with E-state index < -0.39 is 5.97 Å². The highest BCUT2D eigenvalue weighted by atomic mass is 79.9. The quantitative estimate of drug-likeness (QED) is 0.628. The smallest absolute Gasteiger partial charge is 0.338 e. The molecule has 0 atom stereocenters. The summed E-state index contributed by atoms with van der Waals surface area (Å²) in [5.74, 6) is 0.508. The molecular formula is C15H13BrClNO3. The summed E-state index contributed by atoms with van der Waals surface area (Å²) in [5.41, 5.74) is 6.67. The number of anilines is 1. The molecule has 21 heavy (non-hydrogen) atoms. The van der Waals surface area contributed by atoms with Gasteiger partial charge >= 0.3 is 5.97 Å². The van der Waals surface area contributed by atoms with Crippen molar-refractivity contribution in [1.29, 1.82) is 0 Å². The maximum atomic E-state index is 11.7. The molecule has 2 rings (SSSR count). The lowest BCUT2D eigenvalue weighted by Crippen LogP contribution is -2.05. The van der Waals surface area contributed by atoms with Crippen LogP contribution in [0.3, 0.4) is 0 Å². The Bertz CT molecular complexity index is 676. The summed E-state index contributed by atoms with van der Waals surface area (Å²) in [6.07, 6.45) is 0. The zero-order valence-electron chi connectivity index (χ0n) is 11.2. The zero-order chi connectivity index (χ0) is 15.4. The van der Waals surface area contributed by atoms with Gasteiger partial charge in [0.05, 0.1) is 22.3 Å². The molecule has 2 N–H and O–H groups in total. The van der Waals surface area contributed by atoms with Crippen LogP contribution in [0.5, 0.6) is 11.5 Å². The third kappa shape index (κ3) is 3.89. The molecule has 0 spiro atoms. The lowest BCUT2D eigenvalue weighted by Gasteiger charge is -2.11. The molecule has 0 saturated heterocycles. The van der Waals surface area contributed by atoms with Gasteiger partial charge in [0.1, 0.15) is 5.75 Å². The summed E-state index contributed by atoms with van der Waals surface area (Å²) < 4.78 is 11.4. The number of esters is 1. The van der Waals surface area contributed by atoms with Crippen LogP contribution < -0.4 is 10.5 Å². The van der Waals surface area contributed by atoms with Crippen LogP contribution in [0.25, 0.3) is 0 Å². The van der Waals surface area contributed by atoms with Gasteiger partial charge in [0.15, 0.2) is 5.75 Å². The number of hydrogen-bond donors (Lipinski definition) is 1. The van der Waals surface area contributed by atoms with E-state index in [0.29, 0.717) is 38.9 Å². The highest BCUT2D eigenvalue weighted by Crippen LogP contribution is 2.34. The van der Waals surface area contributed by atoms with Crippen molar-refractivity contribution in [3.63, 3.8) is 0 Å². The van der Waals surface area contributed by atoms with Crippen molar-refractivity contribution in [2.75, 3.05) is 12.3 Å². The topological polar surface area (TPSA) is 61.5 Å². The highest BCUT2D eigenvalue weighted by Gasteiger charge is 2.12. The summed E-state index contributed by atoms with van der Waals surface area (Å²) in [7, 11) is 0. The summed E-state index contributed by atoms with van der Waals surface area (Å²) >= 11 is 9.24. The van der Waals surface area contributed by atoms with E-state index in [4.69, 9.17) is 26.8 Å². The minimum absolute atomic E-state index is 0.308. The monoisotopic (exact) mass is 369 g/mol. The van der Waals surface area contributed by atoms with Crippen LogP contribution in [0.15, 0.2) is 40.9 Å². The van der Waals surface area contributed by atoms with E-state index >= 15 is 0 Å². The Hall–Kier alpha value is -1.72. The normalized spacial score (nSPS) is 10.2. The van der Waals surface area contributed by atoms with Crippen molar-refractivity contribution in [1.82, 2.24) is 0 Å². The second-order valence-electron chi connectivity index (χ2n) is 4.15. The molecule has 2 aromatic carbocycles. The van der Waals surface area contributed by atoms with Crippen molar-refractivity contribution >= 4 is 39.2 Å². The molecular weight excluding hydrogens is 358 g/mol. The average Bonchev–Trinajstić information content (AvgIpc) is 2.44. The van der Waals surface area contributed by atoms with E-state index in [1.54, 1.807) is 43.3 Å². The fourth-order valence-corrected chi connectivity index (χ4v) is 2.40. The zero-order valence-corrected chi connectivity index (χ0v) is 13.6. The summed E-state index contributed by atoms with van der Waals surface area (Å²) in [5, 5.41) is 0.586. The van der Waals surface area contributed by atoms with Crippen LogP contribution in [0.4, 0.5) is 5.69 Å². The number of halogens is 2. The Labute approximate surface area is 135 Å². The van der Waals surface area contributed by atoms with E-state index in [1.165, 1.54) is 0 Å². The molecule has 0 aromatic heterocycles. The standard InChI is InChI=1S/C15H13BrClNO3/c1-2-20-15(19)9-3-5-12(18)14(7-9)21-13-6-4-10(17)8-11(13)16/h3-8H,2,18H2,1H3. The van der Waals surface area contributed by atoms with Crippen molar-refractivity contribution in [2.24, 2.45) is 0 Å². The highest BCUT2D eigenvalue weighted by molar-refractivity contribution is 9.10. The number of rotatable bonds is 4. The fourth-order valence-electron chi connectivity index (χ4n) is 1.64. The van der Waals surface area contributed by atoms with Crippen LogP contribution >= 0.6 is 27.5 Å². The lowest BCUT2D eigenvalue weighted by molar-refractivity contribution is 0.0526. The number of ether oxygens (including phenoxy) is 2. The van der Waals surface area contributed by atoms with Gasteiger partial charge in [0.2, 0.25) is 0 Å². The molecule has 2 aromatic rings. The molecule has 4 nitrogen and oxygen atoms in total. The minimum atomic E-state index is -0.419. The Kier molecular flexibility index (Phi) is 5.09. The number of nitrogen functional groups attached to an aromatic ring is 1. The third-order valence-electron chi connectivity index (χ3n) is 2.64. The van der Waals surface area contributed by atoms with Gasteiger partial charge < -0.3 is 15.2 Å². The molecule has 110 valence electrons. The Morgan fingerprint density at radius 1 is 1.24 bits per heavy atom. The molecule has 0 fully saturated rings. The first kappa shape index (κ1) is 15.7. The third-order valence-corrected chi connectivity index (χ3v) is 3.49. The molecule has 6 heteroatoms. The van der Waals surface area contributed by atoms with Crippen molar-refractivity contribution in [3.05, 3.63) is 51.5 Å². The van der Waals surface area contributed by atoms with E-state index in [2.05, 4.69) is 15.9 Å². The predicted octanol–water partition coefficient (Wildman–Crippen LogP) is 4.65. The van der Waals surface area contributed by atoms with Gasteiger partial charge in [-0.2, -0.15) is 0 Å². The van der Waals surface area contributed by atoms with Gasteiger partial charge in [-0.1, -0.05) is 11.6 Å². The van der Waals surface area contributed by atoms with E-state index in [1.807, 2.05) is 0 Å². The van der Waals surface area contributed by atoms with Gasteiger partial charge in [0.25, 0.3) is 0 Å². The molecule has 0 radical (unpaired) electrons. The van der Waals surface area contributed by atoms with E-state index in [0.717, 1.165) is 0 Å². The van der Waals surface area contributed by atoms with E-state index in [9.17, 15) is 4.79 Å². The van der Waals surface area contributed by atoms with Crippen LogP contribution in [-0.2, 0) is 4.74 Å². The maximum Gasteiger partial charge on any atom is 0.338 e. The van der Waals surface area contributed by atoms with Gasteiger partial charge in [-0.15, -0.1) is 0 Å². The molecule has 0 saturated carbocycles. The number of carbonyl (C=O) groups excluding carboxylic acids is 1. The molecule has 0 amide bonds. The molecule has 0 aliphatic carbocycles. The summed E-state index contributed by atoms with van der Waals surface area (Å²) in [6.45, 7) is 2.06. The largest absolute Gasteiger partial charge is 0.462 e. The van der Waals surface area contributed by atoms with Crippen LogP contribution in [0.2, 0.25) is 5.02 Å². The Morgan fingerprint density at radius 2 is 2.00 bits per heavy atom. The minimum Gasteiger partial charge on any atom is -0.462 e. The Balaban J connectivity index is 2.30. The Morgan fingerprint density at radius 3 is 2.67 bits per heavy atom. The van der Waals surface area contributed by atoms with Gasteiger partial charge in [-0.25, -0.2) is 4.79 Å².